The maximum atomic E-state index is 12.2. The van der Waals surface area contributed by atoms with Crippen LogP contribution < -0.4 is 0 Å². The zero-order chi connectivity index (χ0) is 13.5. The summed E-state index contributed by atoms with van der Waals surface area (Å²) in [7, 11) is 0. The molecule has 0 bridgehead atoms. The Bertz CT molecular complexity index is 483. The number of hydrogen-bond acceptors (Lipinski definition) is 2. The lowest BCUT2D eigenvalue weighted by molar-refractivity contribution is 0.0909. The lowest BCUT2D eigenvalue weighted by Gasteiger charge is -2.31. The number of rotatable bonds is 2. The lowest BCUT2D eigenvalue weighted by Crippen LogP contribution is -2.29. The molecule has 0 spiro atoms. The molecule has 0 aromatic carbocycles. The lowest BCUT2D eigenvalue weighted by atomic mass is 9.76. The molecule has 0 atom stereocenters. The van der Waals surface area contributed by atoms with Crippen molar-refractivity contribution in [3.8, 4) is 0 Å². The molecular weight excluding hydrogens is 254 g/mol. The zero-order valence-corrected chi connectivity index (χ0v) is 12.8. The van der Waals surface area contributed by atoms with Gasteiger partial charge in [-0.1, -0.05) is 13.8 Å². The number of carbonyl (C=O) groups excluding carboxylic acids is 1. The highest BCUT2D eigenvalue weighted by molar-refractivity contribution is 7.99. The molecule has 0 amide bonds. The average Bonchev–Trinajstić information content (AvgIpc) is 2.72. The third-order valence-electron chi connectivity index (χ3n) is 4.46. The molecule has 3 rings (SSSR count). The first-order chi connectivity index (χ1) is 9.05. The third-order valence-corrected chi connectivity index (χ3v) is 5.51. The number of hydrogen-bond donors (Lipinski definition) is 0. The topological polar surface area (TPSA) is 22.0 Å². The number of carbonyl (C=O) groups is 1. The SMILES string of the molecule is CC1(C)CC(=O)c2ccn(CC3CCSCC3)c2C1. The summed E-state index contributed by atoms with van der Waals surface area (Å²) >= 11 is 2.08. The highest BCUT2D eigenvalue weighted by atomic mass is 32.2. The fraction of sp³-hybridized carbons (Fsp3) is 0.688. The largest absolute Gasteiger partial charge is 0.350 e. The molecule has 1 fully saturated rings. The van der Waals surface area contributed by atoms with E-state index in [1.165, 1.54) is 30.0 Å². The standard InChI is InChI=1S/C16H23NOS/c1-16(2)9-14-13(15(18)10-16)3-6-17(14)11-12-4-7-19-8-5-12/h3,6,12H,4-5,7-11H2,1-2H3. The molecule has 0 unspecified atom stereocenters. The summed E-state index contributed by atoms with van der Waals surface area (Å²) < 4.78 is 2.37. The van der Waals surface area contributed by atoms with Gasteiger partial charge in [0.05, 0.1) is 0 Å². The Morgan fingerprint density at radius 1 is 1.32 bits per heavy atom. The molecule has 1 aromatic rings. The predicted octanol–water partition coefficient (Wildman–Crippen LogP) is 3.79. The van der Waals surface area contributed by atoms with Gasteiger partial charge in [0.15, 0.2) is 5.78 Å². The van der Waals surface area contributed by atoms with E-state index in [4.69, 9.17) is 0 Å². The van der Waals surface area contributed by atoms with Gasteiger partial charge in [-0.05, 0) is 48.2 Å². The monoisotopic (exact) mass is 277 g/mol. The molecule has 1 saturated heterocycles. The number of thioether (sulfide) groups is 1. The fourth-order valence-electron chi connectivity index (χ4n) is 3.38. The quantitative estimate of drug-likeness (QED) is 0.820. The van der Waals surface area contributed by atoms with Crippen molar-refractivity contribution in [2.75, 3.05) is 11.5 Å². The molecule has 1 aliphatic carbocycles. The smallest absolute Gasteiger partial charge is 0.165 e. The van der Waals surface area contributed by atoms with Gasteiger partial charge in [-0.3, -0.25) is 4.79 Å². The summed E-state index contributed by atoms with van der Waals surface area (Å²) in [5.74, 6) is 3.75. The van der Waals surface area contributed by atoms with Crippen molar-refractivity contribution in [2.45, 2.75) is 46.1 Å². The average molecular weight is 277 g/mol. The Labute approximate surface area is 120 Å². The fourth-order valence-corrected chi connectivity index (χ4v) is 4.58. The Hall–Kier alpha value is -0.700. The summed E-state index contributed by atoms with van der Waals surface area (Å²) in [6.45, 7) is 5.53. The Balaban J connectivity index is 1.82. The van der Waals surface area contributed by atoms with Gasteiger partial charge in [0.25, 0.3) is 0 Å². The molecule has 104 valence electrons. The second kappa shape index (κ2) is 5.01. The van der Waals surface area contributed by atoms with Crippen LogP contribution >= 0.6 is 11.8 Å². The predicted molar refractivity (Wildman–Crippen MR) is 80.9 cm³/mol. The highest BCUT2D eigenvalue weighted by Gasteiger charge is 2.33. The van der Waals surface area contributed by atoms with Gasteiger partial charge in [0.2, 0.25) is 0 Å². The van der Waals surface area contributed by atoms with Crippen molar-refractivity contribution in [3.05, 3.63) is 23.5 Å². The zero-order valence-electron chi connectivity index (χ0n) is 11.9. The molecule has 1 aromatic heterocycles. The van der Waals surface area contributed by atoms with Crippen molar-refractivity contribution < 1.29 is 4.79 Å². The van der Waals surface area contributed by atoms with Gasteiger partial charge < -0.3 is 4.57 Å². The normalized spacial score (nSPS) is 23.4. The number of Topliss-reactive ketones (excluding diaryl/α,β-unsaturated/α-hetero) is 1. The highest BCUT2D eigenvalue weighted by Crippen LogP contribution is 2.36. The van der Waals surface area contributed by atoms with Crippen LogP contribution in [0.5, 0.6) is 0 Å². The number of fused-ring (bicyclic) bond motifs is 1. The van der Waals surface area contributed by atoms with Crippen LogP contribution in [0.4, 0.5) is 0 Å². The van der Waals surface area contributed by atoms with Crippen LogP contribution in [-0.2, 0) is 13.0 Å². The summed E-state index contributed by atoms with van der Waals surface area (Å²) in [4.78, 5) is 12.2. The van der Waals surface area contributed by atoms with E-state index in [9.17, 15) is 4.79 Å². The van der Waals surface area contributed by atoms with Gasteiger partial charge in [0.1, 0.15) is 0 Å². The van der Waals surface area contributed by atoms with Crippen molar-refractivity contribution in [3.63, 3.8) is 0 Å². The van der Waals surface area contributed by atoms with Crippen LogP contribution in [0, 0.1) is 11.3 Å². The molecular formula is C16H23NOS. The third kappa shape index (κ3) is 2.76. The van der Waals surface area contributed by atoms with Crippen molar-refractivity contribution >= 4 is 17.5 Å². The van der Waals surface area contributed by atoms with E-state index in [0.717, 1.165) is 24.4 Å². The van der Waals surface area contributed by atoms with Gasteiger partial charge in [-0.15, -0.1) is 0 Å². The molecule has 2 aliphatic rings. The van der Waals surface area contributed by atoms with Crippen LogP contribution in [0.25, 0.3) is 0 Å². The summed E-state index contributed by atoms with van der Waals surface area (Å²) in [6, 6.07) is 2.05. The second-order valence-corrected chi connectivity index (χ2v) is 8.05. The second-order valence-electron chi connectivity index (χ2n) is 6.83. The maximum Gasteiger partial charge on any atom is 0.165 e. The van der Waals surface area contributed by atoms with E-state index in [0.29, 0.717) is 12.2 Å². The minimum Gasteiger partial charge on any atom is -0.350 e. The summed E-state index contributed by atoms with van der Waals surface area (Å²) in [5, 5.41) is 0. The summed E-state index contributed by atoms with van der Waals surface area (Å²) in [5.41, 5.74) is 2.41. The summed E-state index contributed by atoms with van der Waals surface area (Å²) in [6.07, 6.45) is 6.54. The molecule has 1 aliphatic heterocycles. The van der Waals surface area contributed by atoms with Crippen LogP contribution in [0.3, 0.4) is 0 Å². The molecule has 0 saturated carbocycles. The van der Waals surface area contributed by atoms with Crippen LogP contribution in [0.1, 0.15) is 49.2 Å². The molecule has 19 heavy (non-hydrogen) atoms. The number of nitrogens with zero attached hydrogens (tertiary/aromatic N) is 1. The van der Waals surface area contributed by atoms with Crippen LogP contribution in [0.15, 0.2) is 12.3 Å². The molecule has 0 N–H and O–H groups in total. The Morgan fingerprint density at radius 3 is 2.79 bits per heavy atom. The van der Waals surface area contributed by atoms with E-state index < -0.39 is 0 Å². The number of aromatic nitrogens is 1. The van der Waals surface area contributed by atoms with Gasteiger partial charge in [-0.2, -0.15) is 11.8 Å². The maximum absolute atomic E-state index is 12.2. The van der Waals surface area contributed by atoms with E-state index in [2.05, 4.69) is 36.4 Å². The molecule has 2 heterocycles. The molecule has 3 heteroatoms. The minimum atomic E-state index is 0.128. The van der Waals surface area contributed by atoms with Crippen molar-refractivity contribution in [1.29, 1.82) is 0 Å². The van der Waals surface area contributed by atoms with Crippen LogP contribution in [0.2, 0.25) is 0 Å². The first-order valence-electron chi connectivity index (χ1n) is 7.34. The Kier molecular flexibility index (Phi) is 3.50. The van der Waals surface area contributed by atoms with E-state index in [1.54, 1.807) is 0 Å². The van der Waals surface area contributed by atoms with Gasteiger partial charge in [-0.25, -0.2) is 0 Å². The van der Waals surface area contributed by atoms with Gasteiger partial charge in [0, 0.05) is 30.4 Å². The van der Waals surface area contributed by atoms with E-state index in [-0.39, 0.29) is 5.41 Å². The molecule has 2 nitrogen and oxygen atoms in total. The van der Waals surface area contributed by atoms with Gasteiger partial charge >= 0.3 is 0 Å². The van der Waals surface area contributed by atoms with Crippen molar-refractivity contribution in [1.82, 2.24) is 4.57 Å². The van der Waals surface area contributed by atoms with E-state index >= 15 is 0 Å². The molecule has 0 radical (unpaired) electrons. The number of ketones is 1. The first kappa shape index (κ1) is 13.3. The van der Waals surface area contributed by atoms with Crippen molar-refractivity contribution in [2.24, 2.45) is 11.3 Å². The minimum absolute atomic E-state index is 0.128. The van der Waals surface area contributed by atoms with E-state index in [1.807, 2.05) is 6.07 Å². The van der Waals surface area contributed by atoms with Crippen LogP contribution in [-0.4, -0.2) is 21.9 Å². The Morgan fingerprint density at radius 2 is 2.05 bits per heavy atom. The first-order valence-corrected chi connectivity index (χ1v) is 8.50.